The number of nitro groups is 1. The number of unbranched alkanes of at least 4 members (excludes halogenated alkanes) is 2. The highest BCUT2D eigenvalue weighted by Gasteiger charge is 2.15. The van der Waals surface area contributed by atoms with Crippen LogP contribution in [0.2, 0.25) is 0 Å². The number of carbonyl (C=O) groups excluding carboxylic acids is 1. The number of anilines is 1. The van der Waals surface area contributed by atoms with Gasteiger partial charge in [-0.15, -0.1) is 0 Å². The highest BCUT2D eigenvalue weighted by Crippen LogP contribution is 2.22. The van der Waals surface area contributed by atoms with Crippen LogP contribution in [0.4, 0.5) is 16.2 Å². The summed E-state index contributed by atoms with van der Waals surface area (Å²) in [5, 5.41) is 13.7. The van der Waals surface area contributed by atoms with Crippen LogP contribution in [0.3, 0.4) is 0 Å². The number of benzene rings is 1. The number of urea groups is 1. The third-order valence-electron chi connectivity index (χ3n) is 3.51. The van der Waals surface area contributed by atoms with Crippen molar-refractivity contribution in [2.45, 2.75) is 46.5 Å². The van der Waals surface area contributed by atoms with E-state index in [-0.39, 0.29) is 11.7 Å². The van der Waals surface area contributed by atoms with Gasteiger partial charge in [0.25, 0.3) is 5.69 Å². The average molecular weight is 307 g/mol. The maximum Gasteiger partial charge on any atom is 0.321 e. The average Bonchev–Trinajstić information content (AvgIpc) is 2.49. The van der Waals surface area contributed by atoms with Gasteiger partial charge in [0.2, 0.25) is 0 Å². The molecule has 0 saturated carbocycles. The monoisotopic (exact) mass is 307 g/mol. The van der Waals surface area contributed by atoms with Crippen LogP contribution in [0.1, 0.15) is 45.1 Å². The Morgan fingerprint density at radius 2 is 1.82 bits per heavy atom. The molecule has 0 bridgehead atoms. The van der Waals surface area contributed by atoms with E-state index in [0.717, 1.165) is 25.7 Å². The van der Waals surface area contributed by atoms with Crippen molar-refractivity contribution in [3.8, 4) is 0 Å². The highest BCUT2D eigenvalue weighted by atomic mass is 16.6. The lowest BCUT2D eigenvalue weighted by Crippen LogP contribution is -2.36. The molecule has 0 spiro atoms. The minimum Gasteiger partial charge on any atom is -0.325 e. The first kappa shape index (κ1) is 17.9. The van der Waals surface area contributed by atoms with Crippen LogP contribution in [0.25, 0.3) is 0 Å². The second kappa shape index (κ2) is 9.02. The Hall–Kier alpha value is -2.11. The number of hydrogen-bond acceptors (Lipinski definition) is 3. The van der Waals surface area contributed by atoms with Gasteiger partial charge in [0.1, 0.15) is 0 Å². The van der Waals surface area contributed by atoms with Crippen LogP contribution in [-0.2, 0) is 0 Å². The van der Waals surface area contributed by atoms with E-state index < -0.39 is 4.92 Å². The minimum absolute atomic E-state index is 0.0199. The second-order valence-electron chi connectivity index (χ2n) is 5.38. The lowest BCUT2D eigenvalue weighted by Gasteiger charge is -2.22. The Morgan fingerprint density at radius 3 is 2.32 bits per heavy atom. The van der Waals surface area contributed by atoms with Gasteiger partial charge < -0.3 is 10.2 Å². The number of nitrogens with one attached hydrogen (secondary N) is 1. The van der Waals surface area contributed by atoms with Gasteiger partial charge >= 0.3 is 6.03 Å². The molecule has 0 aliphatic heterocycles. The Bertz CT molecular complexity index is 509. The van der Waals surface area contributed by atoms with Crippen LogP contribution in [-0.4, -0.2) is 28.9 Å². The highest BCUT2D eigenvalue weighted by molar-refractivity contribution is 5.89. The third-order valence-corrected chi connectivity index (χ3v) is 3.51. The third kappa shape index (κ3) is 5.35. The fraction of sp³-hybridized carbons (Fsp3) is 0.562. The van der Waals surface area contributed by atoms with E-state index in [1.54, 1.807) is 24.0 Å². The molecule has 22 heavy (non-hydrogen) atoms. The molecular weight excluding hydrogens is 282 g/mol. The van der Waals surface area contributed by atoms with Crippen LogP contribution < -0.4 is 5.32 Å². The van der Waals surface area contributed by atoms with Crippen molar-refractivity contribution in [1.82, 2.24) is 4.90 Å². The summed E-state index contributed by atoms with van der Waals surface area (Å²) in [7, 11) is 0. The van der Waals surface area contributed by atoms with E-state index in [4.69, 9.17) is 0 Å². The van der Waals surface area contributed by atoms with Gasteiger partial charge in [0.05, 0.1) is 4.92 Å². The SMILES string of the molecule is CCCCN(CCCC)C(=O)Nc1ccc(C)c([N+](=O)[O-])c1. The molecule has 122 valence electrons. The van der Waals surface area contributed by atoms with E-state index in [1.807, 2.05) is 0 Å². The summed E-state index contributed by atoms with van der Waals surface area (Å²) in [6, 6.07) is 4.55. The zero-order valence-corrected chi connectivity index (χ0v) is 13.6. The fourth-order valence-electron chi connectivity index (χ4n) is 2.10. The molecule has 0 fully saturated rings. The maximum absolute atomic E-state index is 12.3. The maximum atomic E-state index is 12.3. The van der Waals surface area contributed by atoms with Crippen molar-refractivity contribution in [2.75, 3.05) is 18.4 Å². The number of nitro benzene ring substituents is 1. The molecule has 0 aliphatic rings. The Kier molecular flexibility index (Phi) is 7.36. The largest absolute Gasteiger partial charge is 0.325 e. The van der Waals surface area contributed by atoms with Crippen molar-refractivity contribution in [2.24, 2.45) is 0 Å². The second-order valence-corrected chi connectivity index (χ2v) is 5.38. The minimum atomic E-state index is -0.434. The standard InChI is InChI=1S/C16H25N3O3/c1-4-6-10-18(11-7-5-2)16(20)17-14-9-8-13(3)15(12-14)19(21)22/h8-9,12H,4-7,10-11H2,1-3H3,(H,17,20). The molecule has 1 aromatic rings. The Morgan fingerprint density at radius 1 is 1.23 bits per heavy atom. The molecule has 0 heterocycles. The first-order valence-corrected chi connectivity index (χ1v) is 7.80. The van der Waals surface area contributed by atoms with Gasteiger partial charge in [-0.1, -0.05) is 32.8 Å². The number of nitrogens with zero attached hydrogens (tertiary/aromatic N) is 2. The summed E-state index contributed by atoms with van der Waals surface area (Å²) >= 11 is 0. The molecule has 6 heteroatoms. The van der Waals surface area contributed by atoms with Crippen molar-refractivity contribution < 1.29 is 9.72 Å². The molecule has 6 nitrogen and oxygen atoms in total. The smallest absolute Gasteiger partial charge is 0.321 e. The van der Waals surface area contributed by atoms with Crippen LogP contribution >= 0.6 is 0 Å². The summed E-state index contributed by atoms with van der Waals surface area (Å²) in [6.45, 7) is 7.25. The summed E-state index contributed by atoms with van der Waals surface area (Å²) in [6.07, 6.45) is 3.94. The number of carbonyl (C=O) groups is 1. The fourth-order valence-corrected chi connectivity index (χ4v) is 2.10. The van der Waals surface area contributed by atoms with E-state index in [1.165, 1.54) is 6.07 Å². The van der Waals surface area contributed by atoms with Crippen molar-refractivity contribution in [3.05, 3.63) is 33.9 Å². The van der Waals surface area contributed by atoms with Crippen LogP contribution in [0.15, 0.2) is 18.2 Å². The van der Waals surface area contributed by atoms with E-state index in [9.17, 15) is 14.9 Å². The molecule has 1 rings (SSSR count). The van der Waals surface area contributed by atoms with Gasteiger partial charge in [-0.3, -0.25) is 10.1 Å². The van der Waals surface area contributed by atoms with Crippen molar-refractivity contribution in [1.29, 1.82) is 0 Å². The summed E-state index contributed by atoms with van der Waals surface area (Å²) in [4.78, 5) is 24.6. The molecule has 1 aromatic carbocycles. The number of rotatable bonds is 8. The van der Waals surface area contributed by atoms with Crippen LogP contribution in [0, 0.1) is 17.0 Å². The molecule has 0 radical (unpaired) electrons. The van der Waals surface area contributed by atoms with E-state index in [2.05, 4.69) is 19.2 Å². The first-order valence-electron chi connectivity index (χ1n) is 7.80. The topological polar surface area (TPSA) is 75.5 Å². The zero-order chi connectivity index (χ0) is 16.5. The lowest BCUT2D eigenvalue weighted by atomic mass is 10.2. The van der Waals surface area contributed by atoms with Crippen molar-refractivity contribution >= 4 is 17.4 Å². The molecular formula is C16H25N3O3. The molecule has 0 atom stereocenters. The molecule has 0 unspecified atom stereocenters. The molecule has 1 N–H and O–H groups in total. The summed E-state index contributed by atoms with van der Waals surface area (Å²) in [5.41, 5.74) is 1.06. The van der Waals surface area contributed by atoms with Crippen molar-refractivity contribution in [3.63, 3.8) is 0 Å². The number of hydrogen-bond donors (Lipinski definition) is 1. The number of amides is 2. The zero-order valence-electron chi connectivity index (χ0n) is 13.6. The van der Waals surface area contributed by atoms with Gasteiger partial charge in [-0.05, 0) is 25.8 Å². The van der Waals surface area contributed by atoms with Gasteiger partial charge in [0.15, 0.2) is 0 Å². The normalized spacial score (nSPS) is 10.3. The number of aryl methyl sites for hydroxylation is 1. The Labute approximate surface area is 131 Å². The summed E-state index contributed by atoms with van der Waals surface area (Å²) in [5.74, 6) is 0. The predicted octanol–water partition coefficient (Wildman–Crippen LogP) is 4.34. The van der Waals surface area contributed by atoms with E-state index >= 15 is 0 Å². The summed E-state index contributed by atoms with van der Waals surface area (Å²) < 4.78 is 0. The van der Waals surface area contributed by atoms with E-state index in [0.29, 0.717) is 24.3 Å². The Balaban J connectivity index is 2.79. The lowest BCUT2D eigenvalue weighted by molar-refractivity contribution is -0.385. The van der Waals surface area contributed by atoms with Gasteiger partial charge in [-0.25, -0.2) is 4.79 Å². The molecule has 0 saturated heterocycles. The molecule has 2 amide bonds. The van der Waals surface area contributed by atoms with Crippen LogP contribution in [0.5, 0.6) is 0 Å². The quantitative estimate of drug-likeness (QED) is 0.573. The first-order chi connectivity index (χ1) is 10.5. The van der Waals surface area contributed by atoms with Gasteiger partial charge in [-0.2, -0.15) is 0 Å². The molecule has 0 aliphatic carbocycles. The molecule has 0 aromatic heterocycles. The predicted molar refractivity (Wildman–Crippen MR) is 88.2 cm³/mol. The van der Waals surface area contributed by atoms with Gasteiger partial charge in [0, 0.05) is 30.4 Å².